The number of aliphatic carboxylic acids is 1. The van der Waals surface area contributed by atoms with E-state index in [1.54, 1.807) is 17.9 Å². The molecule has 0 atom stereocenters. The molecule has 0 bridgehead atoms. The number of amides is 1. The molecule has 0 aliphatic heterocycles. The summed E-state index contributed by atoms with van der Waals surface area (Å²) in [5.41, 5.74) is 0.623. The average molecular weight is 211 g/mol. The van der Waals surface area contributed by atoms with Crippen molar-refractivity contribution in [2.75, 3.05) is 5.32 Å². The molecule has 0 aliphatic rings. The summed E-state index contributed by atoms with van der Waals surface area (Å²) in [5, 5.41) is 14.9. The van der Waals surface area contributed by atoms with Crippen LogP contribution in [0.3, 0.4) is 0 Å². The summed E-state index contributed by atoms with van der Waals surface area (Å²) in [4.78, 5) is 21.5. The smallest absolute Gasteiger partial charge is 0.303 e. The van der Waals surface area contributed by atoms with E-state index < -0.39 is 5.97 Å². The lowest BCUT2D eigenvalue weighted by molar-refractivity contribution is -0.137. The summed E-state index contributed by atoms with van der Waals surface area (Å²) in [7, 11) is 1.75. The molecule has 0 unspecified atom stereocenters. The first-order chi connectivity index (χ1) is 7.08. The predicted molar refractivity (Wildman–Crippen MR) is 53.3 cm³/mol. The first kappa shape index (κ1) is 11.2. The van der Waals surface area contributed by atoms with Crippen LogP contribution < -0.4 is 5.32 Å². The van der Waals surface area contributed by atoms with Crippen molar-refractivity contribution in [2.45, 2.75) is 19.3 Å². The molecular weight excluding hydrogens is 198 g/mol. The summed E-state index contributed by atoms with van der Waals surface area (Å²) in [6.07, 6.45) is 3.78. The van der Waals surface area contributed by atoms with E-state index in [-0.39, 0.29) is 18.7 Å². The van der Waals surface area contributed by atoms with Gasteiger partial charge in [0.1, 0.15) is 0 Å². The largest absolute Gasteiger partial charge is 0.481 e. The summed E-state index contributed by atoms with van der Waals surface area (Å²) in [6, 6.07) is 0. The van der Waals surface area contributed by atoms with Gasteiger partial charge in [-0.3, -0.25) is 14.3 Å². The number of hydrogen-bond donors (Lipinski definition) is 2. The van der Waals surface area contributed by atoms with Gasteiger partial charge in [-0.05, 0) is 6.42 Å². The highest BCUT2D eigenvalue weighted by Crippen LogP contribution is 2.05. The summed E-state index contributed by atoms with van der Waals surface area (Å²) in [6.45, 7) is 0. The molecule has 6 nitrogen and oxygen atoms in total. The van der Waals surface area contributed by atoms with Crippen LogP contribution in [0.2, 0.25) is 0 Å². The number of carboxylic acid groups (broad SMARTS) is 1. The standard InChI is InChI=1S/C9H13N3O3/c1-12-6-7(5-10-12)11-8(13)3-2-4-9(14)15/h5-6H,2-4H2,1H3,(H,11,13)(H,14,15). The highest BCUT2D eigenvalue weighted by atomic mass is 16.4. The first-order valence-corrected chi connectivity index (χ1v) is 4.58. The van der Waals surface area contributed by atoms with E-state index in [1.165, 1.54) is 6.20 Å². The fourth-order valence-electron chi connectivity index (χ4n) is 1.11. The van der Waals surface area contributed by atoms with Crippen LogP contribution >= 0.6 is 0 Å². The number of rotatable bonds is 5. The van der Waals surface area contributed by atoms with E-state index in [0.717, 1.165) is 0 Å². The predicted octanol–water partition coefficient (Wildman–Crippen LogP) is 0.613. The number of anilines is 1. The molecule has 0 aromatic carbocycles. The van der Waals surface area contributed by atoms with Crippen molar-refractivity contribution in [1.29, 1.82) is 0 Å². The van der Waals surface area contributed by atoms with Crippen LogP contribution in [0.25, 0.3) is 0 Å². The Morgan fingerprint density at radius 3 is 2.80 bits per heavy atom. The van der Waals surface area contributed by atoms with Crippen molar-refractivity contribution in [3.05, 3.63) is 12.4 Å². The van der Waals surface area contributed by atoms with Crippen LogP contribution in [0.5, 0.6) is 0 Å². The topological polar surface area (TPSA) is 84.2 Å². The second-order valence-corrected chi connectivity index (χ2v) is 3.20. The van der Waals surface area contributed by atoms with Gasteiger partial charge in [-0.15, -0.1) is 0 Å². The number of nitrogens with one attached hydrogen (secondary N) is 1. The molecule has 1 heterocycles. The lowest BCUT2D eigenvalue weighted by Crippen LogP contribution is -2.11. The normalized spacial score (nSPS) is 9.93. The lowest BCUT2D eigenvalue weighted by Gasteiger charge is -2.00. The number of hydrogen-bond acceptors (Lipinski definition) is 3. The molecule has 0 radical (unpaired) electrons. The molecule has 0 aliphatic carbocycles. The van der Waals surface area contributed by atoms with Gasteiger partial charge in [-0.2, -0.15) is 5.10 Å². The van der Waals surface area contributed by atoms with E-state index in [0.29, 0.717) is 12.1 Å². The summed E-state index contributed by atoms with van der Waals surface area (Å²) < 4.78 is 1.58. The monoisotopic (exact) mass is 211 g/mol. The van der Waals surface area contributed by atoms with E-state index in [1.807, 2.05) is 0 Å². The summed E-state index contributed by atoms with van der Waals surface area (Å²) >= 11 is 0. The zero-order valence-electron chi connectivity index (χ0n) is 8.43. The molecule has 1 aromatic rings. The van der Waals surface area contributed by atoms with Gasteiger partial charge < -0.3 is 10.4 Å². The molecule has 1 amide bonds. The minimum atomic E-state index is -0.885. The minimum Gasteiger partial charge on any atom is -0.481 e. The van der Waals surface area contributed by atoms with E-state index in [4.69, 9.17) is 5.11 Å². The minimum absolute atomic E-state index is 0.0143. The van der Waals surface area contributed by atoms with Crippen LogP contribution in [0.15, 0.2) is 12.4 Å². The van der Waals surface area contributed by atoms with Crippen LogP contribution in [-0.4, -0.2) is 26.8 Å². The van der Waals surface area contributed by atoms with E-state index >= 15 is 0 Å². The molecule has 15 heavy (non-hydrogen) atoms. The van der Waals surface area contributed by atoms with Gasteiger partial charge in [0, 0.05) is 26.1 Å². The Balaban J connectivity index is 2.27. The van der Waals surface area contributed by atoms with Crippen molar-refractivity contribution >= 4 is 17.6 Å². The number of aryl methyl sites for hydroxylation is 1. The lowest BCUT2D eigenvalue weighted by atomic mass is 10.2. The Morgan fingerprint density at radius 2 is 2.27 bits per heavy atom. The van der Waals surface area contributed by atoms with Crippen molar-refractivity contribution in [3.8, 4) is 0 Å². The van der Waals surface area contributed by atoms with E-state index in [2.05, 4.69) is 10.4 Å². The van der Waals surface area contributed by atoms with Gasteiger partial charge >= 0.3 is 5.97 Å². The van der Waals surface area contributed by atoms with Crippen LogP contribution in [0, 0.1) is 0 Å². The fraction of sp³-hybridized carbons (Fsp3) is 0.444. The molecule has 2 N–H and O–H groups in total. The van der Waals surface area contributed by atoms with Gasteiger partial charge in [0.15, 0.2) is 0 Å². The number of carbonyl (C=O) groups excluding carboxylic acids is 1. The Labute approximate surface area is 86.9 Å². The molecule has 0 fully saturated rings. The van der Waals surface area contributed by atoms with Crippen molar-refractivity contribution in [2.24, 2.45) is 7.05 Å². The SMILES string of the molecule is Cn1cc(NC(=O)CCCC(=O)O)cn1. The van der Waals surface area contributed by atoms with Crippen LogP contribution in [0.1, 0.15) is 19.3 Å². The van der Waals surface area contributed by atoms with Gasteiger partial charge in [0.2, 0.25) is 5.91 Å². The molecular formula is C9H13N3O3. The van der Waals surface area contributed by atoms with Crippen molar-refractivity contribution < 1.29 is 14.7 Å². The maximum absolute atomic E-state index is 11.3. The molecule has 1 rings (SSSR count). The number of nitrogens with zero attached hydrogens (tertiary/aromatic N) is 2. The fourth-order valence-corrected chi connectivity index (χ4v) is 1.11. The molecule has 1 aromatic heterocycles. The van der Waals surface area contributed by atoms with Gasteiger partial charge in [-0.1, -0.05) is 0 Å². The highest BCUT2D eigenvalue weighted by Gasteiger charge is 2.05. The maximum Gasteiger partial charge on any atom is 0.303 e. The Bertz CT molecular complexity index is 359. The Morgan fingerprint density at radius 1 is 1.53 bits per heavy atom. The van der Waals surface area contributed by atoms with Gasteiger partial charge in [-0.25, -0.2) is 0 Å². The number of aromatic nitrogens is 2. The molecule has 0 saturated carbocycles. The Kier molecular flexibility index (Phi) is 3.84. The highest BCUT2D eigenvalue weighted by molar-refractivity contribution is 5.90. The summed E-state index contributed by atoms with van der Waals surface area (Å²) in [5.74, 6) is -1.08. The Hall–Kier alpha value is -1.85. The van der Waals surface area contributed by atoms with Crippen LogP contribution in [0.4, 0.5) is 5.69 Å². The molecule has 82 valence electrons. The van der Waals surface area contributed by atoms with Crippen molar-refractivity contribution in [1.82, 2.24) is 9.78 Å². The average Bonchev–Trinajstić information content (AvgIpc) is 2.50. The molecule has 0 spiro atoms. The molecule has 0 saturated heterocycles. The number of carboxylic acids is 1. The second kappa shape index (κ2) is 5.14. The maximum atomic E-state index is 11.3. The third kappa shape index (κ3) is 4.26. The van der Waals surface area contributed by atoms with E-state index in [9.17, 15) is 9.59 Å². The zero-order chi connectivity index (χ0) is 11.3. The third-order valence-electron chi connectivity index (χ3n) is 1.78. The van der Waals surface area contributed by atoms with Crippen molar-refractivity contribution in [3.63, 3.8) is 0 Å². The molecule has 6 heteroatoms. The first-order valence-electron chi connectivity index (χ1n) is 4.58. The van der Waals surface area contributed by atoms with Crippen LogP contribution in [-0.2, 0) is 16.6 Å². The zero-order valence-corrected chi connectivity index (χ0v) is 8.43. The quantitative estimate of drug-likeness (QED) is 0.747. The second-order valence-electron chi connectivity index (χ2n) is 3.20. The third-order valence-corrected chi connectivity index (χ3v) is 1.78. The van der Waals surface area contributed by atoms with Gasteiger partial charge in [0.05, 0.1) is 11.9 Å². The number of carbonyl (C=O) groups is 2. The van der Waals surface area contributed by atoms with Gasteiger partial charge in [0.25, 0.3) is 0 Å².